The number of dihydropyridines is 1. The van der Waals surface area contributed by atoms with Gasteiger partial charge in [0, 0.05) is 19.3 Å². The van der Waals surface area contributed by atoms with Crippen molar-refractivity contribution >= 4 is 15.9 Å². The van der Waals surface area contributed by atoms with E-state index in [0.717, 1.165) is 38.3 Å². The third-order valence-electron chi connectivity index (χ3n) is 6.09. The van der Waals surface area contributed by atoms with Gasteiger partial charge in [0.1, 0.15) is 0 Å². The van der Waals surface area contributed by atoms with Crippen LogP contribution in [0.3, 0.4) is 0 Å². The van der Waals surface area contributed by atoms with Gasteiger partial charge in [-0.15, -0.1) is 0 Å². The molecule has 1 N–H and O–H groups in total. The van der Waals surface area contributed by atoms with Crippen molar-refractivity contribution in [3.8, 4) is 0 Å². The Morgan fingerprint density at radius 2 is 1.93 bits per heavy atom. The van der Waals surface area contributed by atoms with Crippen molar-refractivity contribution in [1.29, 1.82) is 0 Å². The zero-order valence-corrected chi connectivity index (χ0v) is 19.5. The SMILES string of the molecule is CC(C)(C)COC(=O)N1CCC([C@H]2C[C@H]2CCOC2=CC=C(S(C)(=O)=O)CN2)CC1. The van der Waals surface area contributed by atoms with Crippen LogP contribution in [0.5, 0.6) is 0 Å². The summed E-state index contributed by atoms with van der Waals surface area (Å²) in [6.45, 7) is 9.15. The second kappa shape index (κ2) is 9.20. The molecular formula is C22H36N2O5S. The summed E-state index contributed by atoms with van der Waals surface area (Å²) in [6.07, 6.45) is 8.71. The van der Waals surface area contributed by atoms with Crippen LogP contribution >= 0.6 is 0 Å². The number of sulfone groups is 1. The first-order valence-corrected chi connectivity index (χ1v) is 12.8. The number of hydrogen-bond acceptors (Lipinski definition) is 6. The maximum absolute atomic E-state index is 12.2. The van der Waals surface area contributed by atoms with Crippen LogP contribution in [0.4, 0.5) is 4.79 Å². The van der Waals surface area contributed by atoms with Gasteiger partial charge in [0.2, 0.25) is 0 Å². The average Bonchev–Trinajstić information content (AvgIpc) is 3.45. The van der Waals surface area contributed by atoms with E-state index in [-0.39, 0.29) is 18.1 Å². The topological polar surface area (TPSA) is 84.9 Å². The molecule has 0 unspecified atom stereocenters. The summed E-state index contributed by atoms with van der Waals surface area (Å²) in [5.74, 6) is 2.77. The number of allylic oxidation sites excluding steroid dienone is 2. The van der Waals surface area contributed by atoms with Gasteiger partial charge < -0.3 is 19.7 Å². The number of piperidine rings is 1. The number of likely N-dealkylation sites (tertiary alicyclic amines) is 1. The van der Waals surface area contributed by atoms with Gasteiger partial charge in [-0.2, -0.15) is 0 Å². The number of nitrogens with one attached hydrogen (secondary N) is 1. The highest BCUT2D eigenvalue weighted by Crippen LogP contribution is 2.49. The normalized spacial score (nSPS) is 25.1. The molecule has 0 radical (unpaired) electrons. The van der Waals surface area contributed by atoms with E-state index in [1.54, 1.807) is 12.2 Å². The molecule has 1 amide bonds. The fraction of sp³-hybridized carbons (Fsp3) is 0.773. The smallest absolute Gasteiger partial charge is 0.409 e. The third kappa shape index (κ3) is 6.65. The molecule has 0 spiro atoms. The molecule has 8 heteroatoms. The molecule has 2 fully saturated rings. The van der Waals surface area contributed by atoms with E-state index < -0.39 is 9.84 Å². The lowest BCUT2D eigenvalue weighted by molar-refractivity contribution is 0.0601. The highest BCUT2D eigenvalue weighted by atomic mass is 32.2. The second-order valence-electron chi connectivity index (χ2n) is 10.0. The van der Waals surface area contributed by atoms with Crippen LogP contribution in [0.1, 0.15) is 46.5 Å². The predicted molar refractivity (Wildman–Crippen MR) is 116 cm³/mol. The Balaban J connectivity index is 1.32. The van der Waals surface area contributed by atoms with E-state index >= 15 is 0 Å². The van der Waals surface area contributed by atoms with Gasteiger partial charge in [-0.05, 0) is 61.0 Å². The Labute approximate surface area is 180 Å². The molecule has 1 aliphatic carbocycles. The fourth-order valence-electron chi connectivity index (χ4n) is 4.19. The summed E-state index contributed by atoms with van der Waals surface area (Å²) in [7, 11) is -3.15. The largest absolute Gasteiger partial charge is 0.479 e. The van der Waals surface area contributed by atoms with Gasteiger partial charge >= 0.3 is 6.09 Å². The predicted octanol–water partition coefficient (Wildman–Crippen LogP) is 3.30. The molecular weight excluding hydrogens is 404 g/mol. The van der Waals surface area contributed by atoms with Crippen LogP contribution in [0, 0.1) is 23.2 Å². The van der Waals surface area contributed by atoms with Gasteiger partial charge in [-0.25, -0.2) is 13.2 Å². The summed E-state index contributed by atoms with van der Waals surface area (Å²) in [4.78, 5) is 14.4. The summed E-state index contributed by atoms with van der Waals surface area (Å²) < 4.78 is 34.2. The van der Waals surface area contributed by atoms with Gasteiger partial charge in [-0.3, -0.25) is 0 Å². The Hall–Kier alpha value is -1.70. The van der Waals surface area contributed by atoms with E-state index in [9.17, 15) is 13.2 Å². The van der Waals surface area contributed by atoms with Crippen LogP contribution in [-0.4, -0.2) is 58.5 Å². The number of carbonyl (C=O) groups excluding carboxylic acids is 1. The van der Waals surface area contributed by atoms with Crippen molar-refractivity contribution in [1.82, 2.24) is 10.2 Å². The van der Waals surface area contributed by atoms with Gasteiger partial charge in [0.15, 0.2) is 15.7 Å². The highest BCUT2D eigenvalue weighted by molar-refractivity contribution is 7.94. The van der Waals surface area contributed by atoms with Crippen LogP contribution in [0.25, 0.3) is 0 Å². The van der Waals surface area contributed by atoms with Crippen LogP contribution in [-0.2, 0) is 19.3 Å². The quantitative estimate of drug-likeness (QED) is 0.654. The fourth-order valence-corrected chi connectivity index (χ4v) is 4.84. The van der Waals surface area contributed by atoms with Crippen molar-refractivity contribution in [2.45, 2.75) is 46.5 Å². The number of amides is 1. The molecule has 2 aliphatic heterocycles. The molecule has 3 aliphatic rings. The maximum Gasteiger partial charge on any atom is 0.409 e. The third-order valence-corrected chi connectivity index (χ3v) is 7.32. The van der Waals surface area contributed by atoms with Crippen LogP contribution < -0.4 is 5.32 Å². The molecule has 30 heavy (non-hydrogen) atoms. The van der Waals surface area contributed by atoms with Gasteiger partial charge in [0.25, 0.3) is 0 Å². The van der Waals surface area contributed by atoms with Crippen molar-refractivity contribution < 1.29 is 22.7 Å². The Kier molecular flexibility index (Phi) is 7.05. The molecule has 3 rings (SSSR count). The molecule has 2 atom stereocenters. The van der Waals surface area contributed by atoms with Crippen LogP contribution in [0.15, 0.2) is 22.9 Å². The van der Waals surface area contributed by atoms with Crippen molar-refractivity contribution in [2.75, 3.05) is 39.1 Å². The molecule has 0 aromatic rings. The van der Waals surface area contributed by atoms with Crippen molar-refractivity contribution in [2.24, 2.45) is 23.2 Å². The van der Waals surface area contributed by atoms with E-state index in [1.165, 1.54) is 12.7 Å². The minimum atomic E-state index is -3.15. The number of nitrogens with zero attached hydrogens (tertiary/aromatic N) is 1. The molecule has 170 valence electrons. The molecule has 1 saturated heterocycles. The van der Waals surface area contributed by atoms with Gasteiger partial charge in [0.05, 0.1) is 24.7 Å². The van der Waals surface area contributed by atoms with Crippen LogP contribution in [0.2, 0.25) is 0 Å². The lowest BCUT2D eigenvalue weighted by Gasteiger charge is -2.32. The first-order chi connectivity index (χ1) is 14.0. The molecule has 1 saturated carbocycles. The van der Waals surface area contributed by atoms with E-state index in [1.807, 2.05) is 4.90 Å². The number of ether oxygens (including phenoxy) is 2. The number of rotatable bonds is 7. The number of carbonyl (C=O) groups is 1. The minimum absolute atomic E-state index is 0.00718. The lowest BCUT2D eigenvalue weighted by Crippen LogP contribution is -2.40. The lowest BCUT2D eigenvalue weighted by atomic mass is 9.90. The minimum Gasteiger partial charge on any atom is -0.479 e. The van der Waals surface area contributed by atoms with Crippen molar-refractivity contribution in [3.05, 3.63) is 22.9 Å². The summed E-state index contributed by atoms with van der Waals surface area (Å²) in [5, 5.41) is 3.02. The molecule has 0 aromatic heterocycles. The Bertz CT molecular complexity index is 789. The maximum atomic E-state index is 12.2. The second-order valence-corrected chi connectivity index (χ2v) is 12.1. The zero-order chi connectivity index (χ0) is 21.9. The molecule has 0 aromatic carbocycles. The van der Waals surface area contributed by atoms with E-state index in [0.29, 0.717) is 35.8 Å². The first kappa shape index (κ1) is 23.0. The molecule has 2 heterocycles. The Morgan fingerprint density at radius 3 is 2.50 bits per heavy atom. The Morgan fingerprint density at radius 1 is 1.23 bits per heavy atom. The average molecular weight is 441 g/mol. The van der Waals surface area contributed by atoms with Gasteiger partial charge in [-0.1, -0.05) is 20.8 Å². The zero-order valence-electron chi connectivity index (χ0n) is 18.6. The molecule has 0 bridgehead atoms. The standard InChI is InChI=1S/C22H36N2O5S/c1-22(2,3)15-29-21(25)24-10-7-16(8-11-24)19-13-17(19)9-12-28-20-6-5-18(14-23-20)30(4,26)27/h5-6,16-17,19,23H,7-15H2,1-4H3/t17-,19-/m1/s1. The monoisotopic (exact) mass is 440 g/mol. The van der Waals surface area contributed by atoms with E-state index in [2.05, 4.69) is 26.1 Å². The van der Waals surface area contributed by atoms with E-state index in [4.69, 9.17) is 9.47 Å². The highest BCUT2D eigenvalue weighted by Gasteiger charge is 2.43. The first-order valence-electron chi connectivity index (χ1n) is 10.9. The summed E-state index contributed by atoms with van der Waals surface area (Å²) >= 11 is 0. The summed E-state index contributed by atoms with van der Waals surface area (Å²) in [6, 6.07) is 0. The number of hydrogen-bond donors (Lipinski definition) is 1. The molecule has 7 nitrogen and oxygen atoms in total. The summed E-state index contributed by atoms with van der Waals surface area (Å²) in [5.41, 5.74) is -0.00718. The van der Waals surface area contributed by atoms with Crippen molar-refractivity contribution in [3.63, 3.8) is 0 Å².